The Morgan fingerprint density at radius 2 is 1.62 bits per heavy atom. The number of nitrogens with zero attached hydrogens (tertiary/aromatic N) is 1. The normalized spacial score (nSPS) is 34.6. The molecule has 0 aromatic heterocycles. The highest BCUT2D eigenvalue weighted by Gasteiger charge is 2.67. The van der Waals surface area contributed by atoms with E-state index in [9.17, 15) is 23.6 Å². The molecular formula is C22H20FNO5. The van der Waals surface area contributed by atoms with Crippen LogP contribution in [-0.4, -0.2) is 41.1 Å². The van der Waals surface area contributed by atoms with Crippen LogP contribution < -0.4 is 0 Å². The molecule has 6 nitrogen and oxygen atoms in total. The Hall–Kier alpha value is -2.83. The fourth-order valence-electron chi connectivity index (χ4n) is 5.44. The first-order chi connectivity index (χ1) is 13.9. The Bertz CT molecular complexity index is 918. The Kier molecular flexibility index (Phi) is 3.98. The van der Waals surface area contributed by atoms with Crippen LogP contribution in [0.3, 0.4) is 0 Å². The van der Waals surface area contributed by atoms with Crippen molar-refractivity contribution in [2.45, 2.75) is 19.4 Å². The van der Waals surface area contributed by atoms with Gasteiger partial charge in [0.15, 0.2) is 12.4 Å². The van der Waals surface area contributed by atoms with Gasteiger partial charge in [-0.1, -0.05) is 12.2 Å². The molecular weight excluding hydrogens is 377 g/mol. The second-order valence-electron chi connectivity index (χ2n) is 8.41. The predicted molar refractivity (Wildman–Crippen MR) is 97.7 cm³/mol. The van der Waals surface area contributed by atoms with Crippen LogP contribution >= 0.6 is 0 Å². The van der Waals surface area contributed by atoms with Crippen molar-refractivity contribution >= 4 is 23.6 Å². The molecule has 1 aromatic carbocycles. The lowest BCUT2D eigenvalue weighted by Gasteiger charge is -2.37. The van der Waals surface area contributed by atoms with Gasteiger partial charge in [-0.15, -0.1) is 0 Å². The topological polar surface area (TPSA) is 80.8 Å². The summed E-state index contributed by atoms with van der Waals surface area (Å²) in [6, 6.07) is 3.82. The minimum Gasteiger partial charge on any atom is -0.456 e. The Labute approximate surface area is 166 Å². The quantitative estimate of drug-likeness (QED) is 0.329. The van der Waals surface area contributed by atoms with E-state index in [2.05, 4.69) is 12.2 Å². The molecule has 0 radical (unpaired) electrons. The van der Waals surface area contributed by atoms with Gasteiger partial charge in [-0.2, -0.15) is 0 Å². The molecule has 150 valence electrons. The number of Topliss-reactive ketones (excluding diaryl/α,β-unsaturated/α-hetero) is 1. The molecule has 0 N–H and O–H groups in total. The Balaban J connectivity index is 1.26. The lowest BCUT2D eigenvalue weighted by Crippen LogP contribution is -2.45. The third-order valence-electron chi connectivity index (χ3n) is 6.94. The van der Waals surface area contributed by atoms with Crippen LogP contribution in [0, 0.1) is 41.3 Å². The number of likely N-dealkylation sites (tertiary alicyclic amines) is 1. The van der Waals surface area contributed by atoms with Gasteiger partial charge in [0.2, 0.25) is 11.8 Å². The molecule has 0 spiro atoms. The molecule has 7 atom stereocenters. The van der Waals surface area contributed by atoms with Crippen molar-refractivity contribution in [3.63, 3.8) is 0 Å². The van der Waals surface area contributed by atoms with Crippen LogP contribution in [0.4, 0.5) is 4.39 Å². The van der Waals surface area contributed by atoms with Crippen LogP contribution in [0.2, 0.25) is 0 Å². The van der Waals surface area contributed by atoms with E-state index in [0.717, 1.165) is 23.5 Å². The molecule has 6 rings (SSSR count). The maximum Gasteiger partial charge on any atom is 0.329 e. The molecule has 7 unspecified atom stereocenters. The average Bonchev–Trinajstić information content (AvgIpc) is 3.49. The highest BCUT2D eigenvalue weighted by atomic mass is 19.1. The number of ketones is 1. The molecule has 3 fully saturated rings. The standard InChI is InChI=1S/C22H20FNO5/c1-10(22(28)29-9-17(25)11-2-4-12(23)5-3-11)24-20(26)18-13-6-7-14(16-8-15(13)16)19(18)21(24)27/h2-7,10,13-16,18-19H,8-9H2,1H3. The SMILES string of the molecule is CC(C(=O)OCC(=O)c1ccc(F)cc1)N1C(=O)C2C3C=CC(C4CC34)C2C1=O. The second kappa shape index (κ2) is 6.34. The van der Waals surface area contributed by atoms with E-state index in [1.165, 1.54) is 19.1 Å². The Morgan fingerprint density at radius 1 is 1.07 bits per heavy atom. The summed E-state index contributed by atoms with van der Waals surface area (Å²) >= 11 is 0. The first-order valence-corrected chi connectivity index (χ1v) is 9.89. The van der Waals surface area contributed by atoms with Crippen molar-refractivity contribution in [2.24, 2.45) is 35.5 Å². The Morgan fingerprint density at radius 3 is 2.17 bits per heavy atom. The van der Waals surface area contributed by atoms with E-state index in [1.54, 1.807) is 0 Å². The van der Waals surface area contributed by atoms with Gasteiger partial charge in [-0.3, -0.25) is 19.3 Å². The number of esters is 1. The third kappa shape index (κ3) is 2.67. The zero-order valence-electron chi connectivity index (χ0n) is 15.8. The zero-order chi connectivity index (χ0) is 20.4. The van der Waals surface area contributed by atoms with Gasteiger partial charge in [0.05, 0.1) is 11.8 Å². The number of halogens is 1. The summed E-state index contributed by atoms with van der Waals surface area (Å²) < 4.78 is 18.0. The molecule has 1 saturated heterocycles. The van der Waals surface area contributed by atoms with Gasteiger partial charge in [0, 0.05) is 5.56 Å². The molecule has 2 amide bonds. The smallest absolute Gasteiger partial charge is 0.329 e. The number of allylic oxidation sites excluding steroid dienone is 2. The summed E-state index contributed by atoms with van der Waals surface area (Å²) in [6.45, 7) is 0.919. The molecule has 2 bridgehead atoms. The van der Waals surface area contributed by atoms with Gasteiger partial charge < -0.3 is 4.74 Å². The number of benzene rings is 1. The molecule has 1 aliphatic heterocycles. The summed E-state index contributed by atoms with van der Waals surface area (Å²) in [7, 11) is 0. The van der Waals surface area contributed by atoms with Crippen molar-refractivity contribution < 1.29 is 28.3 Å². The van der Waals surface area contributed by atoms with Gasteiger partial charge in [-0.25, -0.2) is 9.18 Å². The number of amides is 2. The molecule has 7 heteroatoms. The lowest BCUT2D eigenvalue weighted by molar-refractivity contribution is -0.157. The van der Waals surface area contributed by atoms with Crippen LogP contribution in [0.1, 0.15) is 23.7 Å². The fraction of sp³-hybridized carbons (Fsp3) is 0.455. The van der Waals surface area contributed by atoms with E-state index >= 15 is 0 Å². The monoisotopic (exact) mass is 397 g/mol. The average molecular weight is 397 g/mol. The van der Waals surface area contributed by atoms with E-state index < -0.39 is 30.2 Å². The highest BCUT2D eigenvalue weighted by molar-refractivity contribution is 6.09. The zero-order valence-corrected chi connectivity index (χ0v) is 15.8. The van der Waals surface area contributed by atoms with Crippen LogP contribution in [-0.2, 0) is 19.1 Å². The van der Waals surface area contributed by atoms with E-state index in [1.807, 2.05) is 0 Å². The second-order valence-corrected chi connectivity index (χ2v) is 8.41. The summed E-state index contributed by atoms with van der Waals surface area (Å²) in [4.78, 5) is 51.6. The largest absolute Gasteiger partial charge is 0.456 e. The maximum absolute atomic E-state index is 13.0. The maximum atomic E-state index is 13.0. The number of imide groups is 1. The molecule has 1 aromatic rings. The molecule has 2 saturated carbocycles. The first-order valence-electron chi connectivity index (χ1n) is 9.89. The minimum absolute atomic E-state index is 0.0831. The number of hydrogen-bond donors (Lipinski definition) is 0. The number of ether oxygens (including phenoxy) is 1. The van der Waals surface area contributed by atoms with Crippen LogP contribution in [0.25, 0.3) is 0 Å². The third-order valence-corrected chi connectivity index (χ3v) is 6.94. The summed E-state index contributed by atoms with van der Waals surface area (Å²) in [6.07, 6.45) is 5.21. The number of hydrogen-bond acceptors (Lipinski definition) is 5. The summed E-state index contributed by atoms with van der Waals surface area (Å²) in [5.41, 5.74) is 0.216. The van der Waals surface area contributed by atoms with Crippen molar-refractivity contribution in [3.8, 4) is 0 Å². The number of rotatable bonds is 5. The lowest BCUT2D eigenvalue weighted by atomic mass is 9.63. The first kappa shape index (κ1) is 18.2. The van der Waals surface area contributed by atoms with Gasteiger partial charge in [-0.05, 0) is 61.3 Å². The van der Waals surface area contributed by atoms with E-state index in [-0.39, 0.29) is 41.0 Å². The highest BCUT2D eigenvalue weighted by Crippen LogP contribution is 2.65. The number of carbonyl (C=O) groups is 4. The fourth-order valence-corrected chi connectivity index (χ4v) is 5.44. The molecule has 5 aliphatic rings. The summed E-state index contributed by atoms with van der Waals surface area (Å²) in [5.74, 6) is -1.99. The van der Waals surface area contributed by atoms with Gasteiger partial charge >= 0.3 is 5.97 Å². The summed E-state index contributed by atoms with van der Waals surface area (Å²) in [5, 5.41) is 0. The molecule has 29 heavy (non-hydrogen) atoms. The van der Waals surface area contributed by atoms with Crippen molar-refractivity contribution in [2.75, 3.05) is 6.61 Å². The van der Waals surface area contributed by atoms with Crippen molar-refractivity contribution in [1.82, 2.24) is 4.90 Å². The van der Waals surface area contributed by atoms with Crippen LogP contribution in [0.15, 0.2) is 36.4 Å². The predicted octanol–water partition coefficient (Wildman–Crippen LogP) is 1.99. The molecule has 1 heterocycles. The molecule has 4 aliphatic carbocycles. The van der Waals surface area contributed by atoms with Crippen molar-refractivity contribution in [3.05, 3.63) is 47.8 Å². The van der Waals surface area contributed by atoms with Gasteiger partial charge in [0.25, 0.3) is 0 Å². The van der Waals surface area contributed by atoms with E-state index in [0.29, 0.717) is 11.8 Å². The number of carbonyl (C=O) groups excluding carboxylic acids is 4. The van der Waals surface area contributed by atoms with E-state index in [4.69, 9.17) is 4.74 Å². The van der Waals surface area contributed by atoms with Crippen molar-refractivity contribution in [1.29, 1.82) is 0 Å². The van der Waals surface area contributed by atoms with Crippen LogP contribution in [0.5, 0.6) is 0 Å². The minimum atomic E-state index is -1.09. The van der Waals surface area contributed by atoms with Gasteiger partial charge in [0.1, 0.15) is 11.9 Å².